The summed E-state index contributed by atoms with van der Waals surface area (Å²) in [6.07, 6.45) is 0. The van der Waals surface area contributed by atoms with E-state index in [-0.39, 0.29) is 18.9 Å². The van der Waals surface area contributed by atoms with Gasteiger partial charge >= 0.3 is 29.9 Å². The maximum Gasteiger partial charge on any atom is 1.00 e. The number of alkyl halides is 6. The van der Waals surface area contributed by atoms with E-state index in [2.05, 4.69) is 0 Å². The van der Waals surface area contributed by atoms with E-state index in [0.717, 1.165) is 0 Å². The van der Waals surface area contributed by atoms with Crippen molar-refractivity contribution >= 4 is 19.7 Å². The Hall–Kier alpha value is 0.0774. The minimum Gasteiger partial charge on any atom is -0.218 e. The van der Waals surface area contributed by atoms with Crippen LogP contribution in [0.1, 0.15) is 0 Å². The Balaban J connectivity index is 0. The quantitative estimate of drug-likeness (QED) is 0.428. The Bertz CT molecular complexity index is 387. The van der Waals surface area contributed by atoms with Gasteiger partial charge in [0.2, 0.25) is 0 Å². The zero-order chi connectivity index (χ0) is 12.7. The predicted molar refractivity (Wildman–Crippen MR) is 34.8 cm³/mol. The van der Waals surface area contributed by atoms with Gasteiger partial charge in [0, 0.05) is 0 Å². The van der Waals surface area contributed by atoms with Crippen molar-refractivity contribution in [2.75, 3.05) is 5.08 Å². The van der Waals surface area contributed by atoms with Crippen molar-refractivity contribution < 1.29 is 62.0 Å². The van der Waals surface area contributed by atoms with Crippen LogP contribution >= 0.6 is 0 Å². The van der Waals surface area contributed by atoms with E-state index in [1.54, 1.807) is 0 Å². The van der Waals surface area contributed by atoms with Gasteiger partial charge in [0.05, 0.1) is 0 Å². The molecule has 0 heterocycles. The zero-order valence-corrected chi connectivity index (χ0v) is 9.06. The summed E-state index contributed by atoms with van der Waals surface area (Å²) in [5.41, 5.74) is -12.1. The van der Waals surface area contributed by atoms with Crippen LogP contribution in [-0.4, -0.2) is 32.9 Å². The molecule has 0 saturated carbocycles. The van der Waals surface area contributed by atoms with E-state index >= 15 is 0 Å². The van der Waals surface area contributed by atoms with E-state index in [0.29, 0.717) is 0 Å². The molecule has 16 heavy (non-hydrogen) atoms. The summed E-state index contributed by atoms with van der Waals surface area (Å²) in [6, 6.07) is 0. The zero-order valence-electron chi connectivity index (χ0n) is 7.42. The predicted octanol–water partition coefficient (Wildman–Crippen LogP) is -2.18. The molecule has 0 atom stereocenters. The molecular weight excluding hydrogens is 285 g/mol. The largest absolute Gasteiger partial charge is 1.00 e. The van der Waals surface area contributed by atoms with E-state index < -0.39 is 35.8 Å². The average Bonchev–Trinajstić information content (AvgIpc) is 1.77. The molecule has 0 aromatic carbocycles. The first-order valence-electron chi connectivity index (χ1n) is 2.79. The first-order chi connectivity index (χ1) is 6.21. The van der Waals surface area contributed by atoms with Gasteiger partial charge in [0.1, 0.15) is 0 Å². The fraction of sp³-hybridized carbons (Fsp3) is 1.00. The number of halogens is 6. The molecule has 13 heteroatoms. The normalized spacial score (nSPS) is 14.4. The van der Waals surface area contributed by atoms with Crippen molar-refractivity contribution in [2.45, 2.75) is 11.0 Å². The van der Waals surface area contributed by atoms with Crippen LogP contribution in [0.3, 0.4) is 0 Å². The van der Waals surface area contributed by atoms with Crippen LogP contribution in [-0.2, 0) is 19.7 Å². The second kappa shape index (κ2) is 4.75. The molecule has 0 aliphatic rings. The monoisotopic (exact) mass is 287 g/mol. The number of hydrogen-bond donors (Lipinski definition) is 0. The van der Waals surface area contributed by atoms with Crippen LogP contribution in [0, 0.1) is 0 Å². The summed E-state index contributed by atoms with van der Waals surface area (Å²) in [7, 11) is -12.7. The molecule has 0 bridgehead atoms. The van der Waals surface area contributed by atoms with Gasteiger partial charge in [-0.05, 0) is 0 Å². The second-order valence-corrected chi connectivity index (χ2v) is 6.57. The van der Waals surface area contributed by atoms with Crippen molar-refractivity contribution in [1.29, 1.82) is 0 Å². The summed E-state index contributed by atoms with van der Waals surface area (Å²) in [5.74, 6) is 0. The maximum absolute atomic E-state index is 11.5. The molecular formula is C3H2F6LiO4S2+. The summed E-state index contributed by atoms with van der Waals surface area (Å²) >= 11 is 0. The number of hydrogen-bond acceptors (Lipinski definition) is 4. The Morgan fingerprint density at radius 3 is 1.00 bits per heavy atom. The summed E-state index contributed by atoms with van der Waals surface area (Å²) in [4.78, 5) is 0. The molecule has 92 valence electrons. The third-order valence-electron chi connectivity index (χ3n) is 1.02. The fourth-order valence-electron chi connectivity index (χ4n) is 0.338. The molecule has 0 aliphatic heterocycles. The molecule has 0 aromatic rings. The van der Waals surface area contributed by atoms with Crippen LogP contribution < -0.4 is 18.9 Å². The van der Waals surface area contributed by atoms with Crippen LogP contribution in [0.15, 0.2) is 0 Å². The van der Waals surface area contributed by atoms with E-state index in [9.17, 15) is 43.2 Å². The Labute approximate surface area is 98.0 Å². The van der Waals surface area contributed by atoms with Gasteiger partial charge in [-0.3, -0.25) is 0 Å². The van der Waals surface area contributed by atoms with Crippen LogP contribution in [0.5, 0.6) is 0 Å². The third-order valence-corrected chi connectivity index (χ3v) is 4.91. The van der Waals surface area contributed by atoms with Crippen LogP contribution in [0.25, 0.3) is 0 Å². The van der Waals surface area contributed by atoms with Gasteiger partial charge in [-0.2, -0.15) is 26.3 Å². The van der Waals surface area contributed by atoms with Gasteiger partial charge < -0.3 is 0 Å². The van der Waals surface area contributed by atoms with Gasteiger partial charge in [0.25, 0.3) is 19.7 Å². The minimum atomic E-state index is -6.35. The molecule has 0 saturated heterocycles. The summed E-state index contributed by atoms with van der Waals surface area (Å²) < 4.78 is 110. The molecule has 4 nitrogen and oxygen atoms in total. The van der Waals surface area contributed by atoms with Gasteiger partial charge in [-0.15, -0.1) is 0 Å². The topological polar surface area (TPSA) is 68.3 Å². The third kappa shape index (κ3) is 4.15. The molecule has 0 aliphatic carbocycles. The first kappa shape index (κ1) is 18.4. The van der Waals surface area contributed by atoms with Crippen LogP contribution in [0.4, 0.5) is 26.3 Å². The molecule has 0 rings (SSSR count). The van der Waals surface area contributed by atoms with E-state index in [1.165, 1.54) is 0 Å². The first-order valence-corrected chi connectivity index (χ1v) is 6.09. The molecule has 0 radical (unpaired) electrons. The maximum atomic E-state index is 11.5. The molecule has 0 fully saturated rings. The Morgan fingerprint density at radius 1 is 0.688 bits per heavy atom. The SMILES string of the molecule is O=S(=O)(CS(=O)(=O)C(F)(F)F)C(F)(F)F.[Li+]. The second-order valence-electron chi connectivity index (χ2n) is 2.24. The van der Waals surface area contributed by atoms with Gasteiger partial charge in [0.15, 0.2) is 5.08 Å². The number of rotatable bonds is 2. The van der Waals surface area contributed by atoms with Crippen molar-refractivity contribution in [3.05, 3.63) is 0 Å². The Kier molecular flexibility index (Phi) is 5.48. The van der Waals surface area contributed by atoms with Crippen molar-refractivity contribution in [2.24, 2.45) is 0 Å². The summed E-state index contributed by atoms with van der Waals surface area (Å²) in [6.45, 7) is 0. The summed E-state index contributed by atoms with van der Waals surface area (Å²) in [5, 5.41) is -3.03. The average molecular weight is 287 g/mol. The molecule has 0 N–H and O–H groups in total. The standard InChI is InChI=1S/C3H2F6O4S2.Li/c4-2(5,6)14(10,11)1-15(12,13)3(7,8)9;/h1H2;/q;+1. The molecule has 0 unspecified atom stereocenters. The molecule has 0 amide bonds. The number of sulfone groups is 2. The fourth-order valence-corrected chi connectivity index (χ4v) is 3.04. The van der Waals surface area contributed by atoms with E-state index in [4.69, 9.17) is 0 Å². The van der Waals surface area contributed by atoms with Crippen molar-refractivity contribution in [3.8, 4) is 0 Å². The molecule has 0 spiro atoms. The molecule has 0 aromatic heterocycles. The van der Waals surface area contributed by atoms with Crippen molar-refractivity contribution in [3.63, 3.8) is 0 Å². The van der Waals surface area contributed by atoms with Gasteiger partial charge in [-0.1, -0.05) is 0 Å². The van der Waals surface area contributed by atoms with Gasteiger partial charge in [-0.25, -0.2) is 16.8 Å². The minimum absolute atomic E-state index is 0. The van der Waals surface area contributed by atoms with Crippen LogP contribution in [0.2, 0.25) is 0 Å². The van der Waals surface area contributed by atoms with Crippen molar-refractivity contribution in [1.82, 2.24) is 0 Å². The Morgan fingerprint density at radius 2 is 0.875 bits per heavy atom. The van der Waals surface area contributed by atoms with E-state index in [1.807, 2.05) is 0 Å². The smallest absolute Gasteiger partial charge is 0.218 e.